The van der Waals surface area contributed by atoms with Gasteiger partial charge in [0.05, 0.1) is 0 Å². The third-order valence-corrected chi connectivity index (χ3v) is 3.00. The van der Waals surface area contributed by atoms with E-state index >= 15 is 0 Å². The van der Waals surface area contributed by atoms with Crippen LogP contribution in [-0.4, -0.2) is 12.5 Å². The molecule has 1 amide bonds. The number of aryl methyl sites for hydroxylation is 1. The molecular formula is C12H17BrN2O. The number of carbonyl (C=O) groups is 1. The average Bonchev–Trinajstić information content (AvgIpc) is 2.23. The highest BCUT2D eigenvalue weighted by Crippen LogP contribution is 2.21. The van der Waals surface area contributed by atoms with Crippen molar-refractivity contribution in [2.24, 2.45) is 11.7 Å². The summed E-state index contributed by atoms with van der Waals surface area (Å²) in [6.45, 7) is 4.39. The van der Waals surface area contributed by atoms with Crippen LogP contribution in [0.4, 0.5) is 5.69 Å². The van der Waals surface area contributed by atoms with Crippen molar-refractivity contribution in [3.63, 3.8) is 0 Å². The highest BCUT2D eigenvalue weighted by molar-refractivity contribution is 9.10. The highest BCUT2D eigenvalue weighted by atomic mass is 79.9. The van der Waals surface area contributed by atoms with Crippen LogP contribution in [-0.2, 0) is 4.79 Å². The summed E-state index contributed by atoms with van der Waals surface area (Å²) in [5.74, 6) is -0.0324. The molecule has 0 bridgehead atoms. The van der Waals surface area contributed by atoms with Crippen molar-refractivity contribution in [1.29, 1.82) is 0 Å². The first-order valence-electron chi connectivity index (χ1n) is 5.31. The van der Waals surface area contributed by atoms with E-state index in [1.807, 2.05) is 32.0 Å². The molecule has 0 saturated carbocycles. The molecule has 3 nitrogen and oxygen atoms in total. The molecule has 0 aliphatic heterocycles. The minimum Gasteiger partial charge on any atom is -0.330 e. The predicted molar refractivity (Wildman–Crippen MR) is 70.3 cm³/mol. The molecule has 0 fully saturated rings. The topological polar surface area (TPSA) is 55.1 Å². The van der Waals surface area contributed by atoms with E-state index < -0.39 is 0 Å². The Kier molecular flexibility index (Phi) is 4.96. The number of carbonyl (C=O) groups excluding carboxylic acids is 1. The summed E-state index contributed by atoms with van der Waals surface area (Å²) in [6.07, 6.45) is 0.707. The Morgan fingerprint density at radius 3 is 2.88 bits per heavy atom. The SMILES string of the molecule is Cc1ccc(Br)cc1NC(=O)C(C)CCN. The number of anilines is 1. The smallest absolute Gasteiger partial charge is 0.227 e. The van der Waals surface area contributed by atoms with Crippen LogP contribution in [0.5, 0.6) is 0 Å². The second-order valence-corrected chi connectivity index (χ2v) is 4.84. The molecule has 0 aliphatic carbocycles. The van der Waals surface area contributed by atoms with E-state index in [1.54, 1.807) is 0 Å². The quantitative estimate of drug-likeness (QED) is 0.893. The van der Waals surface area contributed by atoms with Crippen molar-refractivity contribution in [2.75, 3.05) is 11.9 Å². The number of benzene rings is 1. The summed E-state index contributed by atoms with van der Waals surface area (Å²) in [5.41, 5.74) is 7.33. The van der Waals surface area contributed by atoms with E-state index in [0.717, 1.165) is 15.7 Å². The molecule has 0 aliphatic rings. The van der Waals surface area contributed by atoms with E-state index in [1.165, 1.54) is 0 Å². The van der Waals surface area contributed by atoms with Crippen LogP contribution in [0.15, 0.2) is 22.7 Å². The van der Waals surface area contributed by atoms with Crippen LogP contribution < -0.4 is 11.1 Å². The maximum atomic E-state index is 11.8. The molecule has 1 unspecified atom stereocenters. The number of hydrogen-bond donors (Lipinski definition) is 2. The zero-order valence-electron chi connectivity index (χ0n) is 9.59. The van der Waals surface area contributed by atoms with Gasteiger partial charge < -0.3 is 11.1 Å². The van der Waals surface area contributed by atoms with Gasteiger partial charge in [0.2, 0.25) is 5.91 Å². The molecular weight excluding hydrogens is 268 g/mol. The Labute approximate surface area is 105 Å². The third kappa shape index (κ3) is 3.61. The predicted octanol–water partition coefficient (Wildman–Crippen LogP) is 2.68. The molecule has 3 N–H and O–H groups in total. The second kappa shape index (κ2) is 6.01. The normalized spacial score (nSPS) is 12.2. The highest BCUT2D eigenvalue weighted by Gasteiger charge is 2.12. The largest absolute Gasteiger partial charge is 0.330 e. The first kappa shape index (κ1) is 13.2. The van der Waals surface area contributed by atoms with Crippen molar-refractivity contribution in [2.45, 2.75) is 20.3 Å². The maximum Gasteiger partial charge on any atom is 0.227 e. The van der Waals surface area contributed by atoms with E-state index in [4.69, 9.17) is 5.73 Å². The number of hydrogen-bond acceptors (Lipinski definition) is 2. The van der Waals surface area contributed by atoms with Crippen molar-refractivity contribution >= 4 is 27.5 Å². The van der Waals surface area contributed by atoms with Gasteiger partial charge in [-0.1, -0.05) is 28.9 Å². The van der Waals surface area contributed by atoms with Crippen molar-refractivity contribution in [3.8, 4) is 0 Å². The summed E-state index contributed by atoms with van der Waals surface area (Å²) >= 11 is 3.38. The first-order valence-corrected chi connectivity index (χ1v) is 6.11. The van der Waals surface area contributed by atoms with Crippen LogP contribution in [0.1, 0.15) is 18.9 Å². The van der Waals surface area contributed by atoms with E-state index in [-0.39, 0.29) is 11.8 Å². The zero-order valence-corrected chi connectivity index (χ0v) is 11.2. The fraction of sp³-hybridized carbons (Fsp3) is 0.417. The summed E-state index contributed by atoms with van der Waals surface area (Å²) < 4.78 is 0.958. The zero-order chi connectivity index (χ0) is 12.1. The summed E-state index contributed by atoms with van der Waals surface area (Å²) in [7, 11) is 0. The van der Waals surface area contributed by atoms with E-state index in [9.17, 15) is 4.79 Å². The standard InChI is InChI=1S/C12H17BrN2O/c1-8-3-4-10(13)7-11(8)15-12(16)9(2)5-6-14/h3-4,7,9H,5-6,14H2,1-2H3,(H,15,16). The summed E-state index contributed by atoms with van der Waals surface area (Å²) in [6, 6.07) is 5.82. The lowest BCUT2D eigenvalue weighted by atomic mass is 10.1. The molecule has 1 atom stereocenters. The summed E-state index contributed by atoms with van der Waals surface area (Å²) in [5, 5.41) is 2.91. The van der Waals surface area contributed by atoms with Gasteiger partial charge in [0.1, 0.15) is 0 Å². The number of rotatable bonds is 4. The molecule has 0 radical (unpaired) electrons. The molecule has 1 aromatic rings. The van der Waals surface area contributed by atoms with Crippen molar-refractivity contribution in [1.82, 2.24) is 0 Å². The van der Waals surface area contributed by atoms with Gasteiger partial charge >= 0.3 is 0 Å². The number of amides is 1. The van der Waals surface area contributed by atoms with Crippen LogP contribution in [0.25, 0.3) is 0 Å². The van der Waals surface area contributed by atoms with Crippen LogP contribution in [0, 0.1) is 12.8 Å². The molecule has 1 aromatic carbocycles. The fourth-order valence-electron chi connectivity index (χ4n) is 1.37. The fourth-order valence-corrected chi connectivity index (χ4v) is 1.73. The van der Waals surface area contributed by atoms with Gasteiger partial charge in [-0.3, -0.25) is 4.79 Å². The Morgan fingerprint density at radius 1 is 1.56 bits per heavy atom. The van der Waals surface area contributed by atoms with Gasteiger partial charge in [-0.05, 0) is 37.6 Å². The molecule has 16 heavy (non-hydrogen) atoms. The van der Waals surface area contributed by atoms with Crippen LogP contribution in [0.3, 0.4) is 0 Å². The Morgan fingerprint density at radius 2 is 2.25 bits per heavy atom. The molecule has 88 valence electrons. The second-order valence-electron chi connectivity index (χ2n) is 3.93. The van der Waals surface area contributed by atoms with Gasteiger partial charge in [-0.25, -0.2) is 0 Å². The molecule has 0 heterocycles. The maximum absolute atomic E-state index is 11.8. The minimum absolute atomic E-state index is 0.0200. The van der Waals surface area contributed by atoms with Gasteiger partial charge in [0, 0.05) is 16.1 Å². The molecule has 0 aromatic heterocycles. The lowest BCUT2D eigenvalue weighted by molar-refractivity contribution is -0.119. The van der Waals surface area contributed by atoms with Gasteiger partial charge in [-0.2, -0.15) is 0 Å². The van der Waals surface area contributed by atoms with Gasteiger partial charge in [-0.15, -0.1) is 0 Å². The molecule has 0 saturated heterocycles. The Hall–Kier alpha value is -0.870. The minimum atomic E-state index is -0.0524. The number of nitrogens with two attached hydrogens (primary N) is 1. The molecule has 4 heteroatoms. The third-order valence-electron chi connectivity index (χ3n) is 2.50. The monoisotopic (exact) mass is 284 g/mol. The molecule has 0 spiro atoms. The van der Waals surface area contributed by atoms with E-state index in [0.29, 0.717) is 13.0 Å². The van der Waals surface area contributed by atoms with Gasteiger partial charge in [0.25, 0.3) is 0 Å². The number of halogens is 1. The Bertz CT molecular complexity index is 379. The first-order chi connectivity index (χ1) is 7.54. The lowest BCUT2D eigenvalue weighted by Gasteiger charge is -2.13. The molecule has 1 rings (SSSR count). The Balaban J connectivity index is 2.72. The number of nitrogens with one attached hydrogen (secondary N) is 1. The van der Waals surface area contributed by atoms with E-state index in [2.05, 4.69) is 21.2 Å². The average molecular weight is 285 g/mol. The van der Waals surface area contributed by atoms with Crippen molar-refractivity contribution < 1.29 is 4.79 Å². The van der Waals surface area contributed by atoms with Crippen LogP contribution in [0.2, 0.25) is 0 Å². The van der Waals surface area contributed by atoms with Gasteiger partial charge in [0.15, 0.2) is 0 Å². The summed E-state index contributed by atoms with van der Waals surface area (Å²) in [4.78, 5) is 11.8. The van der Waals surface area contributed by atoms with Crippen LogP contribution >= 0.6 is 15.9 Å². The lowest BCUT2D eigenvalue weighted by Crippen LogP contribution is -2.23. The van der Waals surface area contributed by atoms with Crippen molar-refractivity contribution in [3.05, 3.63) is 28.2 Å².